The van der Waals surface area contributed by atoms with Crippen LogP contribution in [0.4, 0.5) is 0 Å². The number of ether oxygens (including phenoxy) is 13. The fourth-order valence-corrected chi connectivity index (χ4v) is 5.87. The van der Waals surface area contributed by atoms with Crippen molar-refractivity contribution in [1.29, 1.82) is 0 Å². The maximum atomic E-state index is 8.60. The average molecular weight is 886 g/mol. The summed E-state index contributed by atoms with van der Waals surface area (Å²) in [6.45, 7) is 17.8. The van der Waals surface area contributed by atoms with Crippen LogP contribution in [0.15, 0.2) is 0 Å². The van der Waals surface area contributed by atoms with E-state index in [4.69, 9.17) is 66.7 Å². The van der Waals surface area contributed by atoms with Crippen LogP contribution >= 0.6 is 0 Å². The van der Waals surface area contributed by atoms with Crippen LogP contribution in [0.3, 0.4) is 0 Å². The second-order valence-corrected chi connectivity index (χ2v) is 14.7. The maximum Gasteiger partial charge on any atom is 0.0701 e. The minimum Gasteiger partial charge on any atom is -0.394 e. The van der Waals surface area contributed by atoms with Crippen molar-refractivity contribution in [1.82, 2.24) is 5.32 Å². The van der Waals surface area contributed by atoms with Crippen LogP contribution in [0.5, 0.6) is 0 Å². The molecule has 0 bridgehead atoms. The first-order valence-electron chi connectivity index (χ1n) is 24.2. The number of aliphatic hydroxyl groups excluding tert-OH is 1. The summed E-state index contributed by atoms with van der Waals surface area (Å²) in [4.78, 5) is 0. The number of aliphatic hydroxyl groups is 1. The molecule has 0 unspecified atom stereocenters. The lowest BCUT2D eigenvalue weighted by Gasteiger charge is -2.09. The molecule has 0 saturated carbocycles. The molecule has 0 aliphatic carbocycles. The Hall–Kier alpha value is -0.600. The van der Waals surface area contributed by atoms with E-state index < -0.39 is 0 Å². The van der Waals surface area contributed by atoms with E-state index in [1.165, 1.54) is 103 Å². The van der Waals surface area contributed by atoms with Gasteiger partial charge in [0.2, 0.25) is 0 Å². The standard InChI is InChI=1S/C46H95NO14/c1-2-3-4-5-6-7-8-9-10-11-12-13-14-15-16-17-18-47-19-21-49-23-25-51-27-29-53-31-33-55-35-37-57-39-41-59-43-45-61-46-44-60-42-40-58-38-36-56-34-32-54-30-28-52-26-24-50-22-20-48/h47-48H,2-46H2,1H3. The van der Waals surface area contributed by atoms with Crippen molar-refractivity contribution in [3.63, 3.8) is 0 Å². The zero-order valence-corrected chi connectivity index (χ0v) is 39.1. The number of unbranched alkanes of at least 4 members (excludes halogenated alkanes) is 15. The predicted octanol–water partition coefficient (Wildman–Crippen LogP) is 6.05. The molecule has 0 radical (unpaired) electrons. The molecular formula is C46H95NO14. The summed E-state index contributed by atoms with van der Waals surface area (Å²) < 4.78 is 71.1. The van der Waals surface area contributed by atoms with Gasteiger partial charge in [0, 0.05) is 6.54 Å². The van der Waals surface area contributed by atoms with Gasteiger partial charge in [-0.1, -0.05) is 103 Å². The Morgan fingerprint density at radius 1 is 0.230 bits per heavy atom. The van der Waals surface area contributed by atoms with Gasteiger partial charge in [0.1, 0.15) is 0 Å². The van der Waals surface area contributed by atoms with E-state index in [1.807, 2.05) is 0 Å². The summed E-state index contributed by atoms with van der Waals surface area (Å²) in [5.41, 5.74) is 0. The van der Waals surface area contributed by atoms with Crippen molar-refractivity contribution in [2.24, 2.45) is 0 Å². The second-order valence-electron chi connectivity index (χ2n) is 14.7. The van der Waals surface area contributed by atoms with Crippen LogP contribution in [-0.2, 0) is 61.6 Å². The molecule has 0 aromatic rings. The molecule has 0 atom stereocenters. The molecule has 0 spiro atoms. The Bertz CT molecular complexity index is 691. The second kappa shape index (κ2) is 59.4. The van der Waals surface area contributed by atoms with Crippen molar-refractivity contribution in [2.75, 3.05) is 191 Å². The minimum absolute atomic E-state index is 0.0252. The van der Waals surface area contributed by atoms with Crippen LogP contribution in [0.1, 0.15) is 110 Å². The smallest absolute Gasteiger partial charge is 0.0701 e. The van der Waals surface area contributed by atoms with E-state index in [1.54, 1.807) is 0 Å². The van der Waals surface area contributed by atoms with Crippen LogP contribution in [0.25, 0.3) is 0 Å². The van der Waals surface area contributed by atoms with Gasteiger partial charge in [0.05, 0.1) is 178 Å². The molecule has 15 heteroatoms. The van der Waals surface area contributed by atoms with Gasteiger partial charge >= 0.3 is 0 Å². The van der Waals surface area contributed by atoms with Gasteiger partial charge in [-0.25, -0.2) is 0 Å². The molecular weight excluding hydrogens is 790 g/mol. The molecule has 0 rings (SSSR count). The molecule has 0 fully saturated rings. The lowest BCUT2D eigenvalue weighted by Crippen LogP contribution is -2.22. The lowest BCUT2D eigenvalue weighted by atomic mass is 10.0. The van der Waals surface area contributed by atoms with E-state index in [0.717, 1.165) is 19.7 Å². The summed E-state index contributed by atoms with van der Waals surface area (Å²) >= 11 is 0. The molecule has 368 valence electrons. The minimum atomic E-state index is 0.0252. The van der Waals surface area contributed by atoms with E-state index in [0.29, 0.717) is 165 Å². The Labute approximate surface area is 372 Å². The predicted molar refractivity (Wildman–Crippen MR) is 240 cm³/mol. The number of nitrogens with one attached hydrogen (secondary N) is 1. The van der Waals surface area contributed by atoms with Gasteiger partial charge in [-0.15, -0.1) is 0 Å². The summed E-state index contributed by atoms with van der Waals surface area (Å²) in [7, 11) is 0. The number of hydrogen-bond donors (Lipinski definition) is 2. The molecule has 61 heavy (non-hydrogen) atoms. The molecule has 0 aliphatic rings. The lowest BCUT2D eigenvalue weighted by molar-refractivity contribution is -0.0292. The monoisotopic (exact) mass is 886 g/mol. The number of hydrogen-bond acceptors (Lipinski definition) is 15. The molecule has 0 amide bonds. The van der Waals surface area contributed by atoms with Crippen LogP contribution in [0.2, 0.25) is 0 Å². The van der Waals surface area contributed by atoms with Gasteiger partial charge in [-0.3, -0.25) is 0 Å². The first-order chi connectivity index (χ1) is 30.4. The van der Waals surface area contributed by atoms with Gasteiger partial charge in [-0.2, -0.15) is 0 Å². The van der Waals surface area contributed by atoms with Crippen molar-refractivity contribution in [3.8, 4) is 0 Å². The van der Waals surface area contributed by atoms with Gasteiger partial charge in [0.15, 0.2) is 0 Å². The van der Waals surface area contributed by atoms with Crippen molar-refractivity contribution in [2.45, 2.75) is 110 Å². The van der Waals surface area contributed by atoms with Crippen LogP contribution < -0.4 is 5.32 Å². The third-order valence-electron chi connectivity index (χ3n) is 9.33. The Kier molecular flexibility index (Phi) is 58.8. The average Bonchev–Trinajstić information content (AvgIpc) is 3.27. The molecule has 0 aromatic heterocycles. The molecule has 0 aliphatic heterocycles. The summed E-state index contributed by atoms with van der Waals surface area (Å²) in [6, 6.07) is 0. The summed E-state index contributed by atoms with van der Waals surface area (Å²) in [6.07, 6.45) is 22.5. The topological polar surface area (TPSA) is 152 Å². The highest BCUT2D eigenvalue weighted by molar-refractivity contribution is 4.52. The fourth-order valence-electron chi connectivity index (χ4n) is 5.87. The summed E-state index contributed by atoms with van der Waals surface area (Å²) in [5.74, 6) is 0. The summed E-state index contributed by atoms with van der Waals surface area (Å²) in [5, 5.41) is 12.1. The maximum absolute atomic E-state index is 8.60. The Morgan fingerprint density at radius 3 is 0.656 bits per heavy atom. The van der Waals surface area contributed by atoms with Gasteiger partial charge in [-0.05, 0) is 13.0 Å². The van der Waals surface area contributed by atoms with Gasteiger partial charge in [0.25, 0.3) is 0 Å². The molecule has 0 aromatic carbocycles. The third-order valence-corrected chi connectivity index (χ3v) is 9.33. The Morgan fingerprint density at radius 2 is 0.426 bits per heavy atom. The van der Waals surface area contributed by atoms with E-state index in [-0.39, 0.29) is 6.61 Å². The Balaban J connectivity index is 3.06. The van der Waals surface area contributed by atoms with Crippen LogP contribution in [0, 0.1) is 0 Å². The largest absolute Gasteiger partial charge is 0.394 e. The van der Waals surface area contributed by atoms with Crippen molar-refractivity contribution >= 4 is 0 Å². The normalized spacial score (nSPS) is 11.7. The molecule has 0 saturated heterocycles. The third kappa shape index (κ3) is 59.4. The number of rotatable bonds is 58. The molecule has 0 heterocycles. The van der Waals surface area contributed by atoms with E-state index in [9.17, 15) is 0 Å². The van der Waals surface area contributed by atoms with E-state index in [2.05, 4.69) is 12.2 Å². The zero-order valence-electron chi connectivity index (χ0n) is 39.1. The quantitative estimate of drug-likeness (QED) is 0.0682. The van der Waals surface area contributed by atoms with Crippen molar-refractivity contribution in [3.05, 3.63) is 0 Å². The van der Waals surface area contributed by atoms with Gasteiger partial charge < -0.3 is 72.0 Å². The highest BCUT2D eigenvalue weighted by Gasteiger charge is 1.99. The molecule has 2 N–H and O–H groups in total. The highest BCUT2D eigenvalue weighted by Crippen LogP contribution is 2.13. The zero-order chi connectivity index (χ0) is 43.7. The molecule has 15 nitrogen and oxygen atoms in total. The van der Waals surface area contributed by atoms with Crippen LogP contribution in [-0.4, -0.2) is 197 Å². The fraction of sp³-hybridized carbons (Fsp3) is 1.00. The first-order valence-corrected chi connectivity index (χ1v) is 24.2. The first kappa shape index (κ1) is 60.4. The highest BCUT2D eigenvalue weighted by atomic mass is 16.6. The SMILES string of the molecule is CCCCCCCCCCCCCCCCCCNCCOCCOCCOCCOCCOCCOCCOCCOCCOCCOCCOCCOCCOCCO. The van der Waals surface area contributed by atoms with Crippen molar-refractivity contribution < 1.29 is 66.7 Å². The van der Waals surface area contributed by atoms with E-state index >= 15 is 0 Å².